The number of pyridine rings is 1. The van der Waals surface area contributed by atoms with E-state index < -0.39 is 5.76 Å². The van der Waals surface area contributed by atoms with Gasteiger partial charge < -0.3 is 14.2 Å². The summed E-state index contributed by atoms with van der Waals surface area (Å²) in [6.45, 7) is 1.58. The Morgan fingerprint density at radius 1 is 1.03 bits per heavy atom. The Morgan fingerprint density at radius 3 is 2.63 bits per heavy atom. The first kappa shape index (κ1) is 17.9. The Kier molecular flexibility index (Phi) is 4.17. The third-order valence-electron chi connectivity index (χ3n) is 4.74. The molecule has 8 heteroatoms. The minimum absolute atomic E-state index is 0.179. The molecule has 0 aliphatic carbocycles. The molecule has 5 rings (SSSR count). The number of oxazole rings is 2. The lowest BCUT2D eigenvalue weighted by Crippen LogP contribution is -2.25. The van der Waals surface area contributed by atoms with E-state index in [1.54, 1.807) is 37.3 Å². The SMILES string of the molecule is Cc1nc2oc(-c3ccccc3)nc2cc1NC(=O)Cn1c(=O)oc2ccccc21. The van der Waals surface area contributed by atoms with Crippen molar-refractivity contribution in [3.63, 3.8) is 0 Å². The van der Waals surface area contributed by atoms with Crippen molar-refractivity contribution in [1.82, 2.24) is 14.5 Å². The molecule has 0 atom stereocenters. The van der Waals surface area contributed by atoms with E-state index in [1.807, 2.05) is 30.3 Å². The summed E-state index contributed by atoms with van der Waals surface area (Å²) in [5.41, 5.74) is 3.84. The van der Waals surface area contributed by atoms with Gasteiger partial charge in [-0.2, -0.15) is 0 Å². The van der Waals surface area contributed by atoms with Crippen LogP contribution in [-0.4, -0.2) is 20.4 Å². The average molecular weight is 400 g/mol. The van der Waals surface area contributed by atoms with Crippen molar-refractivity contribution in [3.8, 4) is 11.5 Å². The van der Waals surface area contributed by atoms with Crippen LogP contribution in [0.1, 0.15) is 5.69 Å². The lowest BCUT2D eigenvalue weighted by atomic mass is 10.2. The molecule has 0 fully saturated rings. The van der Waals surface area contributed by atoms with E-state index in [0.717, 1.165) is 5.56 Å². The number of amides is 1. The minimum Gasteiger partial charge on any atom is -0.418 e. The maximum Gasteiger partial charge on any atom is 0.420 e. The Labute approximate surface area is 169 Å². The van der Waals surface area contributed by atoms with Gasteiger partial charge in [0.1, 0.15) is 12.1 Å². The van der Waals surface area contributed by atoms with Gasteiger partial charge in [0, 0.05) is 5.56 Å². The zero-order valence-corrected chi connectivity index (χ0v) is 16.0. The van der Waals surface area contributed by atoms with Crippen molar-refractivity contribution >= 4 is 33.9 Å². The maximum absolute atomic E-state index is 12.6. The molecule has 1 amide bonds. The molecule has 2 aromatic carbocycles. The number of nitrogens with zero attached hydrogens (tertiary/aromatic N) is 3. The van der Waals surface area contributed by atoms with Gasteiger partial charge in [0.15, 0.2) is 5.58 Å². The Bertz CT molecular complexity index is 1450. The number of hydrogen-bond acceptors (Lipinski definition) is 6. The lowest BCUT2D eigenvalue weighted by molar-refractivity contribution is -0.116. The molecule has 0 aliphatic rings. The molecule has 3 heterocycles. The first-order chi connectivity index (χ1) is 14.6. The van der Waals surface area contributed by atoms with E-state index in [1.165, 1.54) is 4.57 Å². The van der Waals surface area contributed by atoms with Gasteiger partial charge in [0.2, 0.25) is 17.5 Å². The van der Waals surface area contributed by atoms with Crippen LogP contribution < -0.4 is 11.1 Å². The molecule has 0 unspecified atom stereocenters. The largest absolute Gasteiger partial charge is 0.420 e. The van der Waals surface area contributed by atoms with E-state index in [0.29, 0.717) is 39.6 Å². The number of hydrogen-bond donors (Lipinski definition) is 1. The van der Waals surface area contributed by atoms with E-state index in [4.69, 9.17) is 8.83 Å². The van der Waals surface area contributed by atoms with Gasteiger partial charge in [-0.1, -0.05) is 30.3 Å². The number of aryl methyl sites for hydroxylation is 1. The van der Waals surface area contributed by atoms with Gasteiger partial charge in [0.25, 0.3) is 0 Å². The van der Waals surface area contributed by atoms with Gasteiger partial charge in [0.05, 0.1) is 16.9 Å². The fourth-order valence-corrected chi connectivity index (χ4v) is 3.28. The quantitative estimate of drug-likeness (QED) is 0.493. The normalized spacial score (nSPS) is 11.2. The van der Waals surface area contributed by atoms with Crippen LogP contribution in [0.15, 0.2) is 74.3 Å². The number of anilines is 1. The third kappa shape index (κ3) is 3.14. The highest BCUT2D eigenvalue weighted by Crippen LogP contribution is 2.26. The molecule has 0 bridgehead atoms. The Balaban J connectivity index is 1.43. The molecule has 0 saturated carbocycles. The summed E-state index contributed by atoms with van der Waals surface area (Å²) in [6, 6.07) is 18.2. The van der Waals surface area contributed by atoms with E-state index >= 15 is 0 Å². The molecular formula is C22H16N4O4. The third-order valence-corrected chi connectivity index (χ3v) is 4.74. The van der Waals surface area contributed by atoms with Gasteiger partial charge in [-0.05, 0) is 37.3 Å². The highest BCUT2D eigenvalue weighted by Gasteiger charge is 2.16. The van der Waals surface area contributed by atoms with Crippen molar-refractivity contribution in [2.24, 2.45) is 0 Å². The number of rotatable bonds is 4. The highest BCUT2D eigenvalue weighted by atomic mass is 16.4. The van der Waals surface area contributed by atoms with Crippen LogP contribution in [0.25, 0.3) is 33.8 Å². The molecule has 1 N–H and O–H groups in total. The predicted molar refractivity (Wildman–Crippen MR) is 111 cm³/mol. The van der Waals surface area contributed by atoms with Crippen LogP contribution in [-0.2, 0) is 11.3 Å². The Morgan fingerprint density at radius 2 is 1.80 bits per heavy atom. The summed E-state index contributed by atoms with van der Waals surface area (Å²) < 4.78 is 12.2. The summed E-state index contributed by atoms with van der Waals surface area (Å²) >= 11 is 0. The zero-order chi connectivity index (χ0) is 20.7. The van der Waals surface area contributed by atoms with Gasteiger partial charge in [-0.15, -0.1) is 0 Å². The molecule has 0 radical (unpaired) electrons. The molecule has 0 aliphatic heterocycles. The van der Waals surface area contributed by atoms with Gasteiger partial charge in [-0.25, -0.2) is 14.8 Å². The smallest absolute Gasteiger partial charge is 0.418 e. The summed E-state index contributed by atoms with van der Waals surface area (Å²) in [7, 11) is 0. The van der Waals surface area contributed by atoms with Crippen LogP contribution in [0.3, 0.4) is 0 Å². The van der Waals surface area contributed by atoms with Crippen molar-refractivity contribution in [2.75, 3.05) is 5.32 Å². The number of nitrogens with one attached hydrogen (secondary N) is 1. The van der Waals surface area contributed by atoms with Gasteiger partial charge in [-0.3, -0.25) is 9.36 Å². The van der Waals surface area contributed by atoms with E-state index in [9.17, 15) is 9.59 Å². The molecule has 0 saturated heterocycles. The van der Waals surface area contributed by atoms with Crippen LogP contribution in [0, 0.1) is 6.92 Å². The molecule has 0 spiro atoms. The van der Waals surface area contributed by atoms with Crippen LogP contribution in [0.4, 0.5) is 5.69 Å². The number of carbonyl (C=O) groups excluding carboxylic acids is 1. The summed E-state index contributed by atoms with van der Waals surface area (Å²) in [4.78, 5) is 33.6. The van der Waals surface area contributed by atoms with Gasteiger partial charge >= 0.3 is 5.76 Å². The van der Waals surface area contributed by atoms with E-state index in [-0.39, 0.29) is 12.5 Å². The molecule has 5 aromatic rings. The van der Waals surface area contributed by atoms with E-state index in [2.05, 4.69) is 15.3 Å². The van der Waals surface area contributed by atoms with Crippen LogP contribution in [0.5, 0.6) is 0 Å². The summed E-state index contributed by atoms with van der Waals surface area (Å²) in [5.74, 6) is -0.502. The first-order valence-corrected chi connectivity index (χ1v) is 9.30. The fourth-order valence-electron chi connectivity index (χ4n) is 3.28. The van der Waals surface area contributed by atoms with Crippen molar-refractivity contribution in [2.45, 2.75) is 13.5 Å². The van der Waals surface area contributed by atoms with Crippen molar-refractivity contribution < 1.29 is 13.6 Å². The van der Waals surface area contributed by atoms with Crippen LogP contribution in [0.2, 0.25) is 0 Å². The highest BCUT2D eigenvalue weighted by molar-refractivity contribution is 5.93. The second-order valence-corrected chi connectivity index (χ2v) is 6.80. The minimum atomic E-state index is -0.583. The molecule has 3 aromatic heterocycles. The van der Waals surface area contributed by atoms with Crippen molar-refractivity contribution in [1.29, 1.82) is 0 Å². The molecule has 8 nitrogen and oxygen atoms in total. The van der Waals surface area contributed by atoms with Crippen molar-refractivity contribution in [3.05, 3.63) is 76.9 Å². The predicted octanol–water partition coefficient (Wildman–Crippen LogP) is 3.74. The number of carbonyl (C=O) groups is 1. The monoisotopic (exact) mass is 400 g/mol. The summed E-state index contributed by atoms with van der Waals surface area (Å²) in [5, 5.41) is 2.80. The molecular weight excluding hydrogens is 384 g/mol. The fraction of sp³-hybridized carbons (Fsp3) is 0.0909. The topological polar surface area (TPSA) is 103 Å². The standard InChI is InChI=1S/C22H16N4O4/c1-13-15(11-16-21(23-13)30-20(25-16)14-7-3-2-4-8-14)24-19(27)12-26-17-9-5-6-10-18(17)29-22(26)28/h2-11H,12H2,1H3,(H,24,27). The van der Waals surface area contributed by atoms with Crippen LogP contribution >= 0.6 is 0 Å². The number of fused-ring (bicyclic) bond motifs is 2. The number of para-hydroxylation sites is 2. The first-order valence-electron chi connectivity index (χ1n) is 9.30. The number of aromatic nitrogens is 3. The molecule has 30 heavy (non-hydrogen) atoms. The second kappa shape index (κ2) is 7.00. The molecule has 148 valence electrons. The Hall–Kier alpha value is -4.20. The zero-order valence-electron chi connectivity index (χ0n) is 16.0. The summed E-state index contributed by atoms with van der Waals surface area (Å²) in [6.07, 6.45) is 0. The second-order valence-electron chi connectivity index (χ2n) is 6.80. The lowest BCUT2D eigenvalue weighted by Gasteiger charge is -2.07. The number of benzene rings is 2. The maximum atomic E-state index is 12.6. The average Bonchev–Trinajstić information content (AvgIpc) is 3.29.